The molecule has 1 aliphatic rings. The Kier molecular flexibility index (Phi) is 4.22. The number of fused-ring (bicyclic) bond motifs is 1. The maximum Gasteiger partial charge on any atom is 0.313 e. The third kappa shape index (κ3) is 2.55. The minimum Gasteiger partial charge on any atom is -0.425 e. The van der Waals surface area contributed by atoms with E-state index in [9.17, 15) is 4.79 Å². The molecule has 0 bridgehead atoms. The summed E-state index contributed by atoms with van der Waals surface area (Å²) in [7, 11) is 0. The fourth-order valence-corrected chi connectivity index (χ4v) is 2.58. The second-order valence-corrected chi connectivity index (χ2v) is 4.69. The number of nitrogens with two attached hydrogens (primary N) is 1. The molecule has 0 fully saturated rings. The van der Waals surface area contributed by atoms with Crippen LogP contribution >= 0.6 is 46.6 Å². The summed E-state index contributed by atoms with van der Waals surface area (Å²) < 4.78 is 5.92. The number of carbonyl (C=O) groups excluding carboxylic acids is 1. The molecule has 15 heavy (non-hydrogen) atoms. The minimum absolute atomic E-state index is 0. The lowest BCUT2D eigenvalue weighted by atomic mass is 10.0. The number of ether oxygens (including phenoxy) is 1. The first kappa shape index (κ1) is 13.0. The Labute approximate surface area is 112 Å². The summed E-state index contributed by atoms with van der Waals surface area (Å²) in [6, 6.07) is 3.18. The van der Waals surface area contributed by atoms with Gasteiger partial charge in [-0.25, -0.2) is 0 Å². The molecule has 2 rings (SSSR count). The Balaban J connectivity index is 0.00000112. The SMILES string of the molecule is Cl.NC1CC(=O)Oc2c(I)cc(Cl)cc21. The molecule has 1 aliphatic heterocycles. The van der Waals surface area contributed by atoms with Gasteiger partial charge in [0.2, 0.25) is 0 Å². The molecule has 0 spiro atoms. The normalized spacial score (nSPS) is 18.9. The highest BCUT2D eigenvalue weighted by Gasteiger charge is 2.26. The molecule has 82 valence electrons. The van der Waals surface area contributed by atoms with Gasteiger partial charge in [0.05, 0.1) is 9.99 Å². The average Bonchev–Trinajstić information content (AvgIpc) is 2.07. The van der Waals surface area contributed by atoms with Gasteiger partial charge in [-0.05, 0) is 34.7 Å². The number of carbonyl (C=O) groups is 1. The highest BCUT2D eigenvalue weighted by Crippen LogP contribution is 2.37. The Bertz CT molecular complexity index is 411. The van der Waals surface area contributed by atoms with Crippen LogP contribution in [0.25, 0.3) is 0 Å². The van der Waals surface area contributed by atoms with E-state index in [0.717, 1.165) is 9.13 Å². The lowest BCUT2D eigenvalue weighted by Crippen LogP contribution is -2.25. The Morgan fingerprint density at radius 3 is 2.87 bits per heavy atom. The summed E-state index contributed by atoms with van der Waals surface area (Å²) in [6.07, 6.45) is 0.212. The average molecular weight is 360 g/mol. The van der Waals surface area contributed by atoms with Crippen molar-refractivity contribution in [2.45, 2.75) is 12.5 Å². The zero-order valence-electron chi connectivity index (χ0n) is 7.50. The van der Waals surface area contributed by atoms with Crippen LogP contribution in [0.4, 0.5) is 0 Å². The van der Waals surface area contributed by atoms with Crippen LogP contribution in [0.5, 0.6) is 5.75 Å². The molecule has 0 saturated heterocycles. The lowest BCUT2D eigenvalue weighted by molar-refractivity contribution is -0.135. The van der Waals surface area contributed by atoms with E-state index in [4.69, 9.17) is 22.1 Å². The summed E-state index contributed by atoms with van der Waals surface area (Å²) in [4.78, 5) is 11.1. The Hall–Kier alpha value is -0.0400. The van der Waals surface area contributed by atoms with Crippen molar-refractivity contribution < 1.29 is 9.53 Å². The number of benzene rings is 1. The fraction of sp³-hybridized carbons (Fsp3) is 0.222. The number of rotatable bonds is 0. The molecule has 2 N–H and O–H groups in total. The fourth-order valence-electron chi connectivity index (χ4n) is 1.41. The predicted molar refractivity (Wildman–Crippen MR) is 68.6 cm³/mol. The molecular weight excluding hydrogens is 352 g/mol. The highest BCUT2D eigenvalue weighted by molar-refractivity contribution is 14.1. The molecule has 6 heteroatoms. The Morgan fingerprint density at radius 2 is 2.20 bits per heavy atom. The van der Waals surface area contributed by atoms with Crippen LogP contribution in [0.1, 0.15) is 18.0 Å². The van der Waals surface area contributed by atoms with Crippen molar-refractivity contribution in [1.29, 1.82) is 0 Å². The molecule has 1 heterocycles. The highest BCUT2D eigenvalue weighted by atomic mass is 127. The summed E-state index contributed by atoms with van der Waals surface area (Å²) in [5, 5.41) is 0.613. The summed E-state index contributed by atoms with van der Waals surface area (Å²) in [5.41, 5.74) is 6.62. The molecule has 1 atom stereocenters. The molecule has 0 amide bonds. The zero-order chi connectivity index (χ0) is 10.3. The summed E-state index contributed by atoms with van der Waals surface area (Å²) in [5.74, 6) is 0.268. The van der Waals surface area contributed by atoms with Crippen molar-refractivity contribution in [1.82, 2.24) is 0 Å². The molecule has 3 nitrogen and oxygen atoms in total. The van der Waals surface area contributed by atoms with E-state index < -0.39 is 0 Å². The number of halogens is 3. The number of esters is 1. The predicted octanol–water partition coefficient (Wildman–Crippen LogP) is 2.68. The van der Waals surface area contributed by atoms with Gasteiger partial charge in [-0.2, -0.15) is 0 Å². The van der Waals surface area contributed by atoms with Crippen molar-refractivity contribution in [2.24, 2.45) is 5.73 Å². The van der Waals surface area contributed by atoms with Gasteiger partial charge >= 0.3 is 5.97 Å². The van der Waals surface area contributed by atoms with Gasteiger partial charge in [-0.3, -0.25) is 4.79 Å². The van der Waals surface area contributed by atoms with E-state index in [1.165, 1.54) is 0 Å². The van der Waals surface area contributed by atoms with Gasteiger partial charge in [-0.15, -0.1) is 12.4 Å². The third-order valence-corrected chi connectivity index (χ3v) is 3.06. The van der Waals surface area contributed by atoms with Crippen LogP contribution in [0.3, 0.4) is 0 Å². The minimum atomic E-state index is -0.307. The standard InChI is InChI=1S/C9H7ClINO2.ClH/c10-4-1-5-7(12)3-8(13)14-9(5)6(11)2-4;/h1-2,7H,3,12H2;1H. The summed E-state index contributed by atoms with van der Waals surface area (Å²) >= 11 is 7.95. The van der Waals surface area contributed by atoms with E-state index in [2.05, 4.69) is 22.6 Å². The van der Waals surface area contributed by atoms with E-state index in [1.807, 2.05) is 0 Å². The van der Waals surface area contributed by atoms with Gasteiger partial charge < -0.3 is 10.5 Å². The molecule has 1 aromatic carbocycles. The second-order valence-electron chi connectivity index (χ2n) is 3.09. The van der Waals surface area contributed by atoms with Crippen LogP contribution in [-0.4, -0.2) is 5.97 Å². The first-order chi connectivity index (χ1) is 6.58. The van der Waals surface area contributed by atoms with Crippen LogP contribution in [0.2, 0.25) is 5.02 Å². The van der Waals surface area contributed by atoms with E-state index in [0.29, 0.717) is 10.8 Å². The van der Waals surface area contributed by atoms with Crippen LogP contribution in [0.15, 0.2) is 12.1 Å². The molecule has 0 aromatic heterocycles. The van der Waals surface area contributed by atoms with Gasteiger partial charge in [0.15, 0.2) is 0 Å². The molecular formula is C9H8Cl2INO2. The molecule has 0 radical (unpaired) electrons. The van der Waals surface area contributed by atoms with Crippen LogP contribution < -0.4 is 10.5 Å². The molecule has 1 unspecified atom stereocenters. The quantitative estimate of drug-likeness (QED) is 0.440. The monoisotopic (exact) mass is 359 g/mol. The Morgan fingerprint density at radius 1 is 1.53 bits per heavy atom. The number of hydrogen-bond acceptors (Lipinski definition) is 3. The molecule has 1 aromatic rings. The second kappa shape index (κ2) is 4.86. The van der Waals surface area contributed by atoms with Crippen molar-refractivity contribution in [2.75, 3.05) is 0 Å². The smallest absolute Gasteiger partial charge is 0.313 e. The first-order valence-electron chi connectivity index (χ1n) is 4.03. The third-order valence-electron chi connectivity index (χ3n) is 2.04. The van der Waals surface area contributed by atoms with Crippen molar-refractivity contribution in [3.63, 3.8) is 0 Å². The van der Waals surface area contributed by atoms with Gasteiger partial charge in [0, 0.05) is 16.6 Å². The van der Waals surface area contributed by atoms with E-state index >= 15 is 0 Å². The van der Waals surface area contributed by atoms with Gasteiger partial charge in [0.1, 0.15) is 5.75 Å². The zero-order valence-corrected chi connectivity index (χ0v) is 11.2. The topological polar surface area (TPSA) is 52.3 Å². The van der Waals surface area contributed by atoms with Gasteiger partial charge in [-0.1, -0.05) is 11.6 Å². The maximum atomic E-state index is 11.1. The van der Waals surface area contributed by atoms with Crippen molar-refractivity contribution in [3.8, 4) is 5.75 Å². The summed E-state index contributed by atoms with van der Waals surface area (Å²) in [6.45, 7) is 0. The maximum absolute atomic E-state index is 11.1. The number of hydrogen-bond donors (Lipinski definition) is 1. The van der Waals surface area contributed by atoms with E-state index in [-0.39, 0.29) is 30.8 Å². The molecule has 0 saturated carbocycles. The van der Waals surface area contributed by atoms with Crippen LogP contribution in [-0.2, 0) is 4.79 Å². The van der Waals surface area contributed by atoms with E-state index in [1.54, 1.807) is 12.1 Å². The van der Waals surface area contributed by atoms with Crippen LogP contribution in [0, 0.1) is 3.57 Å². The van der Waals surface area contributed by atoms with Gasteiger partial charge in [0.25, 0.3) is 0 Å². The van der Waals surface area contributed by atoms with Crippen molar-refractivity contribution >= 4 is 52.6 Å². The largest absolute Gasteiger partial charge is 0.425 e. The molecule has 0 aliphatic carbocycles. The lowest BCUT2D eigenvalue weighted by Gasteiger charge is -2.22. The first-order valence-corrected chi connectivity index (χ1v) is 5.49. The van der Waals surface area contributed by atoms with Crippen molar-refractivity contribution in [3.05, 3.63) is 26.3 Å².